The number of aromatic nitrogens is 1. The van der Waals surface area contributed by atoms with Crippen LogP contribution in [-0.4, -0.2) is 11.5 Å². The molecule has 0 atom stereocenters. The van der Waals surface area contributed by atoms with Crippen LogP contribution in [0.1, 0.15) is 57.1 Å². The Hall–Kier alpha value is -0.830. The van der Waals surface area contributed by atoms with Crippen molar-refractivity contribution < 1.29 is 4.42 Å². The Kier molecular flexibility index (Phi) is 5.05. The van der Waals surface area contributed by atoms with Gasteiger partial charge in [0.15, 0.2) is 0 Å². The minimum atomic E-state index is 0.761. The van der Waals surface area contributed by atoms with E-state index < -0.39 is 0 Å². The molecule has 0 unspecified atom stereocenters. The van der Waals surface area contributed by atoms with Crippen molar-refractivity contribution in [1.29, 1.82) is 0 Å². The van der Waals surface area contributed by atoms with Crippen molar-refractivity contribution in [2.45, 2.75) is 58.4 Å². The smallest absolute Gasteiger partial charge is 0.208 e. The van der Waals surface area contributed by atoms with Crippen LogP contribution >= 0.6 is 0 Å². The van der Waals surface area contributed by atoms with Gasteiger partial charge in [-0.25, -0.2) is 4.98 Å². The molecule has 1 heterocycles. The van der Waals surface area contributed by atoms with Gasteiger partial charge in [-0.15, -0.1) is 0 Å². The van der Waals surface area contributed by atoms with Crippen molar-refractivity contribution in [3.8, 4) is 0 Å². The third kappa shape index (κ3) is 4.15. The second-order valence-electron chi connectivity index (χ2n) is 5.09. The Labute approximate surface area is 104 Å². The van der Waals surface area contributed by atoms with Gasteiger partial charge in [0.05, 0.1) is 12.7 Å². The number of hydrogen-bond acceptors (Lipinski definition) is 3. The molecule has 1 aromatic heterocycles. The molecule has 17 heavy (non-hydrogen) atoms. The fourth-order valence-corrected chi connectivity index (χ4v) is 2.56. The van der Waals surface area contributed by atoms with Gasteiger partial charge >= 0.3 is 0 Å². The van der Waals surface area contributed by atoms with E-state index in [0.717, 1.165) is 43.5 Å². The van der Waals surface area contributed by atoms with Gasteiger partial charge in [-0.05, 0) is 25.3 Å². The van der Waals surface area contributed by atoms with Crippen molar-refractivity contribution in [2.24, 2.45) is 5.92 Å². The van der Waals surface area contributed by atoms with Crippen LogP contribution in [0.25, 0.3) is 0 Å². The van der Waals surface area contributed by atoms with Crippen LogP contribution < -0.4 is 5.32 Å². The minimum Gasteiger partial charge on any atom is -0.444 e. The first-order chi connectivity index (χ1) is 8.38. The first-order valence-electron chi connectivity index (χ1n) is 7.02. The van der Waals surface area contributed by atoms with Crippen LogP contribution in [0.2, 0.25) is 0 Å². The van der Waals surface area contributed by atoms with E-state index in [1.165, 1.54) is 32.1 Å². The van der Waals surface area contributed by atoms with E-state index in [-0.39, 0.29) is 0 Å². The highest BCUT2D eigenvalue weighted by atomic mass is 16.4. The molecule has 0 aromatic carbocycles. The van der Waals surface area contributed by atoms with E-state index in [2.05, 4.69) is 17.2 Å². The molecule has 1 aliphatic carbocycles. The van der Waals surface area contributed by atoms with Crippen molar-refractivity contribution in [3.05, 3.63) is 17.8 Å². The molecule has 0 amide bonds. The zero-order valence-corrected chi connectivity index (χ0v) is 10.9. The molecule has 2 rings (SSSR count). The van der Waals surface area contributed by atoms with E-state index in [9.17, 15) is 0 Å². The quantitative estimate of drug-likeness (QED) is 0.738. The Morgan fingerprint density at radius 1 is 1.41 bits per heavy atom. The standard InChI is InChI=1S/C14H24N2O/c1-2-9-15-11-14-16-10-13(17-14)8-7-12-5-3-4-6-12/h10,12,15H,2-9,11H2,1H3. The van der Waals surface area contributed by atoms with E-state index in [4.69, 9.17) is 4.42 Å². The summed E-state index contributed by atoms with van der Waals surface area (Å²) < 4.78 is 5.72. The number of aryl methyl sites for hydroxylation is 1. The maximum absolute atomic E-state index is 5.72. The Morgan fingerprint density at radius 3 is 3.00 bits per heavy atom. The largest absolute Gasteiger partial charge is 0.444 e. The molecule has 1 fully saturated rings. The second kappa shape index (κ2) is 6.80. The van der Waals surface area contributed by atoms with E-state index in [1.54, 1.807) is 0 Å². The lowest BCUT2D eigenvalue weighted by molar-refractivity contribution is 0.411. The van der Waals surface area contributed by atoms with Crippen LogP contribution in [0, 0.1) is 5.92 Å². The molecule has 96 valence electrons. The summed E-state index contributed by atoms with van der Waals surface area (Å²) >= 11 is 0. The molecule has 3 heteroatoms. The highest BCUT2D eigenvalue weighted by molar-refractivity contribution is 4.94. The van der Waals surface area contributed by atoms with Gasteiger partial charge in [-0.1, -0.05) is 32.6 Å². The molecular formula is C14H24N2O. The van der Waals surface area contributed by atoms with Gasteiger partial charge in [0.25, 0.3) is 0 Å². The third-order valence-electron chi connectivity index (χ3n) is 3.58. The van der Waals surface area contributed by atoms with Crippen molar-refractivity contribution in [1.82, 2.24) is 10.3 Å². The van der Waals surface area contributed by atoms with Crippen molar-refractivity contribution >= 4 is 0 Å². The normalized spacial score (nSPS) is 16.8. The number of nitrogens with zero attached hydrogens (tertiary/aromatic N) is 1. The third-order valence-corrected chi connectivity index (χ3v) is 3.58. The molecule has 0 spiro atoms. The highest BCUT2D eigenvalue weighted by Crippen LogP contribution is 2.28. The molecule has 0 radical (unpaired) electrons. The molecule has 0 bridgehead atoms. The monoisotopic (exact) mass is 236 g/mol. The van der Waals surface area contributed by atoms with Crippen LogP contribution in [0.4, 0.5) is 0 Å². The Bertz CT molecular complexity index is 316. The van der Waals surface area contributed by atoms with Gasteiger partial charge in [0.2, 0.25) is 5.89 Å². The number of rotatable bonds is 7. The zero-order chi connectivity index (χ0) is 11.9. The molecule has 1 aliphatic rings. The van der Waals surface area contributed by atoms with Crippen LogP contribution in [0.3, 0.4) is 0 Å². The Morgan fingerprint density at radius 2 is 2.24 bits per heavy atom. The lowest BCUT2D eigenvalue weighted by Crippen LogP contribution is -2.13. The van der Waals surface area contributed by atoms with E-state index in [0.29, 0.717) is 0 Å². The number of oxazole rings is 1. The van der Waals surface area contributed by atoms with Gasteiger partial charge in [0.1, 0.15) is 5.76 Å². The molecular weight excluding hydrogens is 212 g/mol. The molecule has 0 saturated heterocycles. The summed E-state index contributed by atoms with van der Waals surface area (Å²) in [6, 6.07) is 0. The summed E-state index contributed by atoms with van der Waals surface area (Å²) in [4.78, 5) is 4.30. The summed E-state index contributed by atoms with van der Waals surface area (Å²) in [6.45, 7) is 3.95. The summed E-state index contributed by atoms with van der Waals surface area (Å²) in [5.74, 6) is 2.83. The number of nitrogens with one attached hydrogen (secondary N) is 1. The maximum atomic E-state index is 5.72. The molecule has 1 saturated carbocycles. The van der Waals surface area contributed by atoms with Crippen LogP contribution in [0.15, 0.2) is 10.6 Å². The van der Waals surface area contributed by atoms with Gasteiger partial charge < -0.3 is 9.73 Å². The lowest BCUT2D eigenvalue weighted by atomic mass is 10.0. The van der Waals surface area contributed by atoms with E-state index >= 15 is 0 Å². The fourth-order valence-electron chi connectivity index (χ4n) is 2.56. The van der Waals surface area contributed by atoms with Gasteiger partial charge in [-0.2, -0.15) is 0 Å². The second-order valence-corrected chi connectivity index (χ2v) is 5.09. The first-order valence-corrected chi connectivity index (χ1v) is 7.02. The topological polar surface area (TPSA) is 38.1 Å². The van der Waals surface area contributed by atoms with E-state index in [1.807, 2.05) is 6.20 Å². The average molecular weight is 236 g/mol. The molecule has 0 aliphatic heterocycles. The summed E-state index contributed by atoms with van der Waals surface area (Å²) in [5.41, 5.74) is 0. The summed E-state index contributed by atoms with van der Waals surface area (Å²) in [7, 11) is 0. The predicted molar refractivity (Wildman–Crippen MR) is 68.8 cm³/mol. The fraction of sp³-hybridized carbons (Fsp3) is 0.786. The van der Waals surface area contributed by atoms with Crippen LogP contribution in [0.5, 0.6) is 0 Å². The highest BCUT2D eigenvalue weighted by Gasteiger charge is 2.15. The average Bonchev–Trinajstić information content (AvgIpc) is 2.98. The SMILES string of the molecule is CCCNCc1ncc(CCC2CCCC2)o1. The summed E-state index contributed by atoms with van der Waals surface area (Å²) in [5, 5.41) is 3.31. The predicted octanol–water partition coefficient (Wildman–Crippen LogP) is 3.30. The van der Waals surface area contributed by atoms with Crippen LogP contribution in [-0.2, 0) is 13.0 Å². The van der Waals surface area contributed by atoms with Crippen molar-refractivity contribution in [3.63, 3.8) is 0 Å². The van der Waals surface area contributed by atoms with Gasteiger partial charge in [0, 0.05) is 6.42 Å². The zero-order valence-electron chi connectivity index (χ0n) is 10.9. The number of hydrogen-bond donors (Lipinski definition) is 1. The molecule has 1 aromatic rings. The summed E-state index contributed by atoms with van der Waals surface area (Å²) in [6.07, 6.45) is 11.1. The molecule has 1 N–H and O–H groups in total. The van der Waals surface area contributed by atoms with Crippen molar-refractivity contribution in [2.75, 3.05) is 6.54 Å². The lowest BCUT2D eigenvalue weighted by Gasteiger charge is -2.05. The van der Waals surface area contributed by atoms with Gasteiger partial charge in [-0.3, -0.25) is 0 Å². The maximum Gasteiger partial charge on any atom is 0.208 e. The Balaban J connectivity index is 1.69. The first kappa shape index (κ1) is 12.6. The minimum absolute atomic E-state index is 0.761. The molecule has 3 nitrogen and oxygen atoms in total.